The Kier molecular flexibility index (Phi) is 1.67. The second-order valence-corrected chi connectivity index (χ2v) is 5.34. The second-order valence-electron chi connectivity index (χ2n) is 5.34. The molecular formula is C16H13N4+. The molecule has 0 unspecified atom stereocenters. The molecule has 4 aromatic heterocycles. The molecule has 0 aromatic carbocycles. The monoisotopic (exact) mass is 261 g/mol. The lowest BCUT2D eigenvalue weighted by Crippen LogP contribution is -2.31. The third kappa shape index (κ3) is 1.04. The highest BCUT2D eigenvalue weighted by Gasteiger charge is 2.35. The Labute approximate surface area is 115 Å². The van der Waals surface area contributed by atoms with Gasteiger partial charge in [0, 0.05) is 18.0 Å². The van der Waals surface area contributed by atoms with Crippen molar-refractivity contribution in [3.05, 3.63) is 54.5 Å². The van der Waals surface area contributed by atoms with Crippen molar-refractivity contribution in [3.8, 4) is 11.5 Å². The Morgan fingerprint density at radius 3 is 3.05 bits per heavy atom. The number of aryl methyl sites for hydroxylation is 1. The highest BCUT2D eigenvalue weighted by molar-refractivity contribution is 5.91. The molecular weight excluding hydrogens is 248 g/mol. The topological polar surface area (TPSA) is 26.1 Å². The summed E-state index contributed by atoms with van der Waals surface area (Å²) in [4.78, 5) is 4.57. The van der Waals surface area contributed by atoms with Crippen LogP contribution in [0.5, 0.6) is 0 Å². The van der Waals surface area contributed by atoms with Gasteiger partial charge < -0.3 is 4.40 Å². The molecule has 0 atom stereocenters. The summed E-state index contributed by atoms with van der Waals surface area (Å²) in [5, 5.41) is 0. The van der Waals surface area contributed by atoms with E-state index in [4.69, 9.17) is 0 Å². The summed E-state index contributed by atoms with van der Waals surface area (Å²) >= 11 is 0. The summed E-state index contributed by atoms with van der Waals surface area (Å²) in [6.45, 7) is 0.907. The lowest BCUT2D eigenvalue weighted by atomic mass is 10.2. The Morgan fingerprint density at radius 1 is 1.15 bits per heavy atom. The van der Waals surface area contributed by atoms with Crippen LogP contribution in [-0.2, 0) is 13.6 Å². The van der Waals surface area contributed by atoms with E-state index in [-0.39, 0.29) is 0 Å². The number of hydrogen-bond donors (Lipinski definition) is 0. The number of rotatable bonds is 0. The van der Waals surface area contributed by atoms with E-state index in [9.17, 15) is 0 Å². The van der Waals surface area contributed by atoms with Gasteiger partial charge in [-0.05, 0) is 18.2 Å². The van der Waals surface area contributed by atoms with Crippen molar-refractivity contribution in [2.45, 2.75) is 6.54 Å². The SMILES string of the molecule is Cn1c2[n+](c3c1cn1ccccc31)Cc1cccnc1-2. The van der Waals surface area contributed by atoms with Gasteiger partial charge >= 0.3 is 5.82 Å². The predicted molar refractivity (Wildman–Crippen MR) is 76.4 cm³/mol. The summed E-state index contributed by atoms with van der Waals surface area (Å²) in [6, 6.07) is 10.5. The maximum absolute atomic E-state index is 4.57. The molecule has 4 aromatic rings. The fraction of sp³-hybridized carbons (Fsp3) is 0.125. The molecule has 20 heavy (non-hydrogen) atoms. The highest BCUT2D eigenvalue weighted by atomic mass is 15.2. The number of fused-ring (bicyclic) bond motifs is 7. The molecule has 4 nitrogen and oxygen atoms in total. The van der Waals surface area contributed by atoms with Gasteiger partial charge in [-0.15, -0.1) is 0 Å². The van der Waals surface area contributed by atoms with Crippen molar-refractivity contribution in [1.82, 2.24) is 14.0 Å². The molecule has 0 spiro atoms. The number of nitrogens with zero attached hydrogens (tertiary/aromatic N) is 4. The molecule has 0 bridgehead atoms. The zero-order chi connectivity index (χ0) is 13.3. The van der Waals surface area contributed by atoms with Gasteiger partial charge in [0.1, 0.15) is 6.54 Å². The second kappa shape index (κ2) is 3.28. The van der Waals surface area contributed by atoms with Crippen LogP contribution in [0.2, 0.25) is 0 Å². The van der Waals surface area contributed by atoms with Gasteiger partial charge in [-0.2, -0.15) is 0 Å². The van der Waals surface area contributed by atoms with E-state index in [0.717, 1.165) is 12.2 Å². The molecule has 1 aliphatic heterocycles. The van der Waals surface area contributed by atoms with Crippen LogP contribution in [0.4, 0.5) is 0 Å². The molecule has 0 saturated heterocycles. The normalized spacial score (nSPS) is 13.1. The van der Waals surface area contributed by atoms with Crippen LogP contribution in [0.25, 0.3) is 28.1 Å². The minimum absolute atomic E-state index is 0.907. The molecule has 96 valence electrons. The quantitative estimate of drug-likeness (QED) is 0.392. The molecule has 0 aliphatic carbocycles. The van der Waals surface area contributed by atoms with Gasteiger partial charge in [0.05, 0.1) is 18.8 Å². The van der Waals surface area contributed by atoms with Crippen LogP contribution in [-0.4, -0.2) is 14.0 Å². The van der Waals surface area contributed by atoms with E-state index < -0.39 is 0 Å². The maximum atomic E-state index is 4.57. The summed E-state index contributed by atoms with van der Waals surface area (Å²) in [6.07, 6.45) is 6.17. The van der Waals surface area contributed by atoms with Gasteiger partial charge in [-0.1, -0.05) is 12.1 Å². The van der Waals surface area contributed by atoms with E-state index >= 15 is 0 Å². The molecule has 4 heteroatoms. The van der Waals surface area contributed by atoms with Crippen molar-refractivity contribution in [2.24, 2.45) is 7.05 Å². The van der Waals surface area contributed by atoms with Crippen LogP contribution in [0, 0.1) is 0 Å². The highest BCUT2D eigenvalue weighted by Crippen LogP contribution is 2.31. The van der Waals surface area contributed by atoms with Crippen LogP contribution >= 0.6 is 0 Å². The van der Waals surface area contributed by atoms with Crippen molar-refractivity contribution in [3.63, 3.8) is 0 Å². The van der Waals surface area contributed by atoms with Crippen LogP contribution in [0.15, 0.2) is 48.9 Å². The molecule has 0 fully saturated rings. The van der Waals surface area contributed by atoms with Gasteiger partial charge in [-0.3, -0.25) is 0 Å². The Bertz CT molecular complexity index is 990. The van der Waals surface area contributed by atoms with E-state index in [1.54, 1.807) is 0 Å². The third-order valence-electron chi connectivity index (χ3n) is 4.27. The number of pyridine rings is 2. The standard InChI is InChI=1S/C16H13N4/c1-18-13-10-19-8-3-2-6-12(19)15(13)20-9-11-5-4-7-17-14(11)16(18)20/h2-8,10H,9H2,1H3/q+1. The van der Waals surface area contributed by atoms with Crippen molar-refractivity contribution in [2.75, 3.05) is 0 Å². The van der Waals surface area contributed by atoms with Crippen molar-refractivity contribution < 1.29 is 4.57 Å². The van der Waals surface area contributed by atoms with E-state index in [1.165, 1.54) is 27.9 Å². The van der Waals surface area contributed by atoms with Crippen LogP contribution in [0.3, 0.4) is 0 Å². The first kappa shape index (κ1) is 10.2. The first-order valence-corrected chi connectivity index (χ1v) is 6.77. The average Bonchev–Trinajstić information content (AvgIpc) is 3.10. The number of hydrogen-bond acceptors (Lipinski definition) is 1. The molecule has 5 heterocycles. The first-order chi connectivity index (χ1) is 9.84. The van der Waals surface area contributed by atoms with Gasteiger partial charge in [-0.25, -0.2) is 14.1 Å². The molecule has 5 rings (SSSR count). The average molecular weight is 261 g/mol. The fourth-order valence-electron chi connectivity index (χ4n) is 3.39. The predicted octanol–water partition coefficient (Wildman–Crippen LogP) is 2.14. The minimum atomic E-state index is 0.907. The molecule has 0 radical (unpaired) electrons. The maximum Gasteiger partial charge on any atom is 0.309 e. The van der Waals surface area contributed by atoms with Crippen LogP contribution in [0.1, 0.15) is 5.56 Å². The third-order valence-corrected chi connectivity index (χ3v) is 4.27. The smallest absolute Gasteiger partial charge is 0.309 e. The molecule has 1 aliphatic rings. The lowest BCUT2D eigenvalue weighted by molar-refractivity contribution is -0.645. The van der Waals surface area contributed by atoms with Gasteiger partial charge in [0.25, 0.3) is 0 Å². The van der Waals surface area contributed by atoms with Crippen LogP contribution < -0.4 is 4.57 Å². The first-order valence-electron chi connectivity index (χ1n) is 6.77. The zero-order valence-electron chi connectivity index (χ0n) is 11.1. The Morgan fingerprint density at radius 2 is 2.10 bits per heavy atom. The Hall–Kier alpha value is -2.62. The molecule has 0 saturated carbocycles. The summed E-state index contributed by atoms with van der Waals surface area (Å²) in [5.74, 6) is 1.21. The van der Waals surface area contributed by atoms with Gasteiger partial charge in [0.15, 0.2) is 11.2 Å². The number of aromatic nitrogens is 4. The van der Waals surface area contributed by atoms with Crippen molar-refractivity contribution in [1.29, 1.82) is 0 Å². The molecule has 0 amide bonds. The minimum Gasteiger partial charge on any atom is -0.316 e. The Balaban J connectivity index is 1.99. The van der Waals surface area contributed by atoms with E-state index in [0.29, 0.717) is 0 Å². The zero-order valence-corrected chi connectivity index (χ0v) is 11.1. The number of imidazole rings is 1. The van der Waals surface area contributed by atoms with Gasteiger partial charge in [0.2, 0.25) is 5.52 Å². The van der Waals surface area contributed by atoms with E-state index in [2.05, 4.69) is 62.2 Å². The van der Waals surface area contributed by atoms with Crippen molar-refractivity contribution >= 4 is 16.6 Å². The summed E-state index contributed by atoms with van der Waals surface area (Å²) < 4.78 is 6.82. The van der Waals surface area contributed by atoms with E-state index in [1.807, 2.05) is 12.3 Å². The molecule has 0 N–H and O–H groups in total. The lowest BCUT2D eigenvalue weighted by Gasteiger charge is -1.94. The summed E-state index contributed by atoms with van der Waals surface area (Å²) in [7, 11) is 2.12. The largest absolute Gasteiger partial charge is 0.316 e. The fourth-order valence-corrected chi connectivity index (χ4v) is 3.39. The summed E-state index contributed by atoms with van der Waals surface area (Å²) in [5.41, 5.74) is 6.20.